The third-order valence-electron chi connectivity index (χ3n) is 4.60. The van der Waals surface area contributed by atoms with Crippen LogP contribution in [0.1, 0.15) is 16.9 Å². The number of nitrogens with one attached hydrogen (secondary N) is 1. The van der Waals surface area contributed by atoms with E-state index in [1.165, 1.54) is 4.68 Å². The Morgan fingerprint density at radius 3 is 2.58 bits per heavy atom. The number of carbonyl (C=O) groups is 1. The number of fused-ring (bicyclic) bond motifs is 1. The van der Waals surface area contributed by atoms with Crippen LogP contribution in [-0.2, 0) is 4.74 Å². The Kier molecular flexibility index (Phi) is 4.50. The summed E-state index contributed by atoms with van der Waals surface area (Å²) in [5.41, 5.74) is 0.636. The zero-order valence-electron chi connectivity index (χ0n) is 14.2. The summed E-state index contributed by atoms with van der Waals surface area (Å²) in [6, 6.07) is 16.2. The molecule has 132 valence electrons. The number of nitrogens with zero attached hydrogens (tertiary/aromatic N) is 2. The number of carbonyl (C=O) groups excluding carboxylic acids is 1. The molecule has 0 bridgehead atoms. The van der Waals surface area contributed by atoms with E-state index >= 15 is 0 Å². The fraction of sp³-hybridized carbons (Fsp3) is 0.250. The summed E-state index contributed by atoms with van der Waals surface area (Å²) >= 11 is 0. The zero-order valence-corrected chi connectivity index (χ0v) is 14.2. The lowest BCUT2D eigenvalue weighted by Gasteiger charge is -2.13. The molecule has 6 nitrogen and oxygen atoms in total. The average molecular weight is 349 g/mol. The highest BCUT2D eigenvalue weighted by molar-refractivity contribution is 6.04. The van der Waals surface area contributed by atoms with Crippen LogP contribution < -0.4 is 10.9 Å². The molecule has 4 rings (SSSR count). The summed E-state index contributed by atoms with van der Waals surface area (Å²) in [4.78, 5) is 25.6. The van der Waals surface area contributed by atoms with Gasteiger partial charge in [-0.1, -0.05) is 36.4 Å². The van der Waals surface area contributed by atoms with E-state index in [0.717, 1.165) is 13.0 Å². The molecule has 0 unspecified atom stereocenters. The number of hydrogen-bond acceptors (Lipinski definition) is 4. The molecule has 26 heavy (non-hydrogen) atoms. The largest absolute Gasteiger partial charge is 0.381 e. The van der Waals surface area contributed by atoms with Gasteiger partial charge in [-0.2, -0.15) is 9.78 Å². The molecule has 2 aromatic carbocycles. The van der Waals surface area contributed by atoms with E-state index in [9.17, 15) is 9.59 Å². The van der Waals surface area contributed by atoms with Crippen molar-refractivity contribution in [2.24, 2.45) is 5.92 Å². The number of aromatic nitrogens is 2. The van der Waals surface area contributed by atoms with Crippen molar-refractivity contribution in [3.63, 3.8) is 0 Å². The smallest absolute Gasteiger partial charge is 0.279 e. The van der Waals surface area contributed by atoms with Crippen LogP contribution in [0, 0.1) is 5.92 Å². The van der Waals surface area contributed by atoms with Crippen LogP contribution in [-0.4, -0.2) is 35.4 Å². The molecule has 0 saturated carbocycles. The van der Waals surface area contributed by atoms with E-state index in [-0.39, 0.29) is 17.2 Å². The van der Waals surface area contributed by atoms with Crippen molar-refractivity contribution < 1.29 is 9.53 Å². The van der Waals surface area contributed by atoms with Crippen molar-refractivity contribution in [2.75, 3.05) is 19.8 Å². The monoisotopic (exact) mass is 349 g/mol. The fourth-order valence-corrected chi connectivity index (χ4v) is 3.17. The van der Waals surface area contributed by atoms with Crippen molar-refractivity contribution >= 4 is 16.7 Å². The van der Waals surface area contributed by atoms with Gasteiger partial charge in [0.15, 0.2) is 5.69 Å². The maximum Gasteiger partial charge on any atom is 0.279 e. The zero-order chi connectivity index (χ0) is 17.9. The molecule has 1 N–H and O–H groups in total. The molecule has 0 radical (unpaired) electrons. The summed E-state index contributed by atoms with van der Waals surface area (Å²) in [5, 5.41) is 8.34. The topological polar surface area (TPSA) is 73.2 Å². The van der Waals surface area contributed by atoms with Gasteiger partial charge in [0.2, 0.25) is 0 Å². The van der Waals surface area contributed by atoms with E-state index in [0.29, 0.717) is 35.5 Å². The maximum absolute atomic E-state index is 12.8. The molecule has 3 aromatic rings. The second-order valence-corrected chi connectivity index (χ2v) is 6.39. The van der Waals surface area contributed by atoms with Gasteiger partial charge in [0.25, 0.3) is 11.5 Å². The molecule has 1 saturated heterocycles. The number of benzene rings is 2. The summed E-state index contributed by atoms with van der Waals surface area (Å²) in [7, 11) is 0. The van der Waals surface area contributed by atoms with Crippen LogP contribution in [0.4, 0.5) is 0 Å². The standard InChI is InChI=1S/C20H19N3O3/c24-19(21-12-14-10-11-26-13-14)18-16-8-4-5-9-17(16)20(25)23(22-18)15-6-2-1-3-7-15/h1-9,14H,10-13H2,(H,21,24)/t14-/m0/s1. The molecule has 0 spiro atoms. The van der Waals surface area contributed by atoms with Gasteiger partial charge in [-0.15, -0.1) is 0 Å². The Morgan fingerprint density at radius 2 is 1.85 bits per heavy atom. The first-order chi connectivity index (χ1) is 12.7. The Morgan fingerprint density at radius 1 is 1.12 bits per heavy atom. The second-order valence-electron chi connectivity index (χ2n) is 6.39. The van der Waals surface area contributed by atoms with E-state index in [1.54, 1.807) is 36.4 Å². The lowest BCUT2D eigenvalue weighted by Crippen LogP contribution is -2.33. The molecule has 1 fully saturated rings. The molecule has 2 heterocycles. The number of hydrogen-bond donors (Lipinski definition) is 1. The summed E-state index contributed by atoms with van der Waals surface area (Å²) in [5.74, 6) is 0.0445. The van der Waals surface area contributed by atoms with Gasteiger partial charge in [-0.05, 0) is 24.6 Å². The third-order valence-corrected chi connectivity index (χ3v) is 4.60. The number of amides is 1. The van der Waals surface area contributed by atoms with E-state index in [1.807, 2.05) is 18.2 Å². The Hall–Kier alpha value is -2.99. The minimum atomic E-state index is -0.280. The molecule has 1 aromatic heterocycles. The van der Waals surface area contributed by atoms with Gasteiger partial charge >= 0.3 is 0 Å². The normalized spacial score (nSPS) is 16.7. The Bertz CT molecular complexity index is 992. The quantitative estimate of drug-likeness (QED) is 0.783. The molecular weight excluding hydrogens is 330 g/mol. The second kappa shape index (κ2) is 7.09. The first kappa shape index (κ1) is 16.5. The average Bonchev–Trinajstić information content (AvgIpc) is 3.21. The minimum Gasteiger partial charge on any atom is -0.381 e. The van der Waals surface area contributed by atoms with Crippen LogP contribution >= 0.6 is 0 Å². The van der Waals surface area contributed by atoms with Gasteiger partial charge in [-0.3, -0.25) is 9.59 Å². The molecule has 6 heteroatoms. The lowest BCUT2D eigenvalue weighted by atomic mass is 10.1. The molecule has 1 amide bonds. The first-order valence-electron chi connectivity index (χ1n) is 8.67. The molecule has 0 aliphatic carbocycles. The Labute approximate surface area is 150 Å². The van der Waals surface area contributed by atoms with Crippen molar-refractivity contribution in [1.82, 2.24) is 15.1 Å². The third kappa shape index (κ3) is 3.11. The predicted octanol–water partition coefficient (Wildman–Crippen LogP) is 2.15. The molecule has 1 aliphatic rings. The number of rotatable bonds is 4. The highest BCUT2D eigenvalue weighted by Gasteiger charge is 2.20. The van der Waals surface area contributed by atoms with Crippen molar-refractivity contribution in [3.05, 3.63) is 70.6 Å². The van der Waals surface area contributed by atoms with E-state index in [4.69, 9.17) is 4.74 Å². The van der Waals surface area contributed by atoms with Gasteiger partial charge < -0.3 is 10.1 Å². The minimum absolute atomic E-state index is 0.243. The van der Waals surface area contributed by atoms with Crippen LogP contribution in [0.2, 0.25) is 0 Å². The summed E-state index contributed by atoms with van der Waals surface area (Å²) in [6.07, 6.45) is 0.942. The van der Waals surface area contributed by atoms with Gasteiger partial charge in [0.05, 0.1) is 17.7 Å². The molecule has 1 aliphatic heterocycles. The summed E-state index contributed by atoms with van der Waals surface area (Å²) in [6.45, 7) is 1.94. The van der Waals surface area contributed by atoms with Gasteiger partial charge in [-0.25, -0.2) is 0 Å². The van der Waals surface area contributed by atoms with Crippen LogP contribution in [0.15, 0.2) is 59.4 Å². The van der Waals surface area contributed by atoms with Crippen LogP contribution in [0.3, 0.4) is 0 Å². The fourth-order valence-electron chi connectivity index (χ4n) is 3.17. The highest BCUT2D eigenvalue weighted by atomic mass is 16.5. The first-order valence-corrected chi connectivity index (χ1v) is 8.67. The maximum atomic E-state index is 12.8. The lowest BCUT2D eigenvalue weighted by molar-refractivity contribution is 0.0940. The SMILES string of the molecule is O=C(NC[C@@H]1CCOC1)c1nn(-c2ccccc2)c(=O)c2ccccc12. The Balaban J connectivity index is 1.76. The molecule has 1 atom stereocenters. The number of para-hydroxylation sites is 1. The van der Waals surface area contributed by atoms with Crippen molar-refractivity contribution in [3.8, 4) is 5.69 Å². The van der Waals surface area contributed by atoms with E-state index < -0.39 is 0 Å². The van der Waals surface area contributed by atoms with Crippen molar-refractivity contribution in [1.29, 1.82) is 0 Å². The number of ether oxygens (including phenoxy) is 1. The molecular formula is C20H19N3O3. The highest BCUT2D eigenvalue weighted by Crippen LogP contribution is 2.16. The van der Waals surface area contributed by atoms with Crippen LogP contribution in [0.25, 0.3) is 16.5 Å². The predicted molar refractivity (Wildman–Crippen MR) is 98.6 cm³/mol. The summed E-state index contributed by atoms with van der Waals surface area (Å²) < 4.78 is 6.63. The van der Waals surface area contributed by atoms with Gasteiger partial charge in [0.1, 0.15) is 0 Å². The van der Waals surface area contributed by atoms with Crippen molar-refractivity contribution in [2.45, 2.75) is 6.42 Å². The van der Waals surface area contributed by atoms with E-state index in [2.05, 4.69) is 10.4 Å². The van der Waals surface area contributed by atoms with Gasteiger partial charge in [0, 0.05) is 24.5 Å². The van der Waals surface area contributed by atoms with Crippen LogP contribution in [0.5, 0.6) is 0 Å².